The quantitative estimate of drug-likeness (QED) is 0.0333. The number of β-amino-alcohol motifs (C(OH)–C–C–N with tert-alkyl or cyclic N) is 1. The number of nitrogens with one attached hydrogen (secondary N) is 4. The Morgan fingerprint density at radius 1 is 0.928 bits per heavy atom. The van der Waals surface area contributed by atoms with E-state index in [1.165, 1.54) is 28.6 Å². The number of ketones is 1. The zero-order chi connectivity index (χ0) is 59.0. The largest absolute Gasteiger partial charge is 0.444 e. The van der Waals surface area contributed by atoms with E-state index in [0.29, 0.717) is 53.6 Å². The van der Waals surface area contributed by atoms with Crippen LogP contribution >= 0.6 is 0 Å². The lowest BCUT2D eigenvalue weighted by atomic mass is 9.77. The summed E-state index contributed by atoms with van der Waals surface area (Å²) in [6, 6.07) is 12.8. The summed E-state index contributed by atoms with van der Waals surface area (Å²) in [6.45, 7) is 6.96. The summed E-state index contributed by atoms with van der Waals surface area (Å²) in [5, 5.41) is 25.5. The van der Waals surface area contributed by atoms with E-state index >= 15 is 0 Å². The number of ether oxygens (including phenoxy) is 3. The van der Waals surface area contributed by atoms with Crippen molar-refractivity contribution in [3.63, 3.8) is 0 Å². The first-order valence-electron chi connectivity index (χ1n) is 27.6. The fraction of sp³-hybridized carbons (Fsp3) is 0.466. The molecule has 83 heavy (non-hydrogen) atoms. The number of likely N-dealkylation sites (tertiary alicyclic amines) is 1. The average Bonchev–Trinajstić information content (AvgIpc) is 2.03. The number of anilines is 2. The first-order chi connectivity index (χ1) is 39.8. The topological polar surface area (TPSA) is 296 Å². The second-order valence-electron chi connectivity index (χ2n) is 22.0. The number of alkyl halides is 2. The van der Waals surface area contributed by atoms with Crippen molar-refractivity contribution >= 4 is 58.6 Å². The van der Waals surface area contributed by atoms with E-state index in [9.17, 15) is 52.2 Å². The van der Waals surface area contributed by atoms with Crippen LogP contribution in [0.5, 0.6) is 0 Å². The molecular formula is C58H66F2N10O13. The monoisotopic (exact) mass is 1150 g/mol. The number of carbonyl (C=O) groups excluding carboxylic acids is 8. The summed E-state index contributed by atoms with van der Waals surface area (Å²) in [7, 11) is 0. The number of hydrogen-bond acceptors (Lipinski definition) is 17. The summed E-state index contributed by atoms with van der Waals surface area (Å²) in [5.74, 6) is -3.77. The first-order valence-corrected chi connectivity index (χ1v) is 27.6. The van der Waals surface area contributed by atoms with Gasteiger partial charge in [0.25, 0.3) is 24.1 Å². The van der Waals surface area contributed by atoms with Crippen LogP contribution in [-0.2, 0) is 51.1 Å². The van der Waals surface area contributed by atoms with Crippen LogP contribution in [0.4, 0.5) is 20.3 Å². The van der Waals surface area contributed by atoms with Crippen LogP contribution in [-0.4, -0.2) is 153 Å². The Kier molecular flexibility index (Phi) is 18.9. The highest BCUT2D eigenvalue weighted by atomic mass is 19.3. The number of carbonyl (C=O) groups is 8. The number of aliphatic hydroxyl groups excluding tert-OH is 1. The Labute approximate surface area is 476 Å². The smallest absolute Gasteiger partial charge is 0.284 e. The Morgan fingerprint density at radius 3 is 2.40 bits per heavy atom. The van der Waals surface area contributed by atoms with Gasteiger partial charge in [-0.25, -0.2) is 23.4 Å². The summed E-state index contributed by atoms with van der Waals surface area (Å²) < 4.78 is 52.1. The van der Waals surface area contributed by atoms with Crippen LogP contribution < -0.4 is 21.3 Å². The number of Topliss-reactive ketones (excluding diaryl/α,β-unsaturated/α-hetero) is 1. The van der Waals surface area contributed by atoms with Crippen LogP contribution in [0.15, 0.2) is 77.7 Å². The molecule has 6 heterocycles. The molecule has 9 rings (SSSR count). The van der Waals surface area contributed by atoms with Gasteiger partial charge in [0.1, 0.15) is 30.8 Å². The van der Waals surface area contributed by atoms with Gasteiger partial charge in [-0.15, -0.1) is 0 Å². The van der Waals surface area contributed by atoms with Gasteiger partial charge in [0.2, 0.25) is 29.5 Å². The van der Waals surface area contributed by atoms with Gasteiger partial charge in [-0.1, -0.05) is 45.0 Å². The van der Waals surface area contributed by atoms with Gasteiger partial charge in [-0.3, -0.25) is 48.6 Å². The van der Waals surface area contributed by atoms with Gasteiger partial charge < -0.3 is 44.6 Å². The van der Waals surface area contributed by atoms with Crippen LogP contribution in [0.3, 0.4) is 0 Å². The second kappa shape index (κ2) is 26.4. The minimum atomic E-state index is -3.04. The Balaban J connectivity index is 0.684. The number of aryl methyl sites for hydroxylation is 1. The molecule has 5 aromatic rings. The van der Waals surface area contributed by atoms with E-state index in [1.807, 2.05) is 20.8 Å². The predicted molar refractivity (Wildman–Crippen MR) is 292 cm³/mol. The van der Waals surface area contributed by atoms with Crippen molar-refractivity contribution in [1.82, 2.24) is 40.2 Å². The molecule has 440 valence electrons. The average molecular weight is 1150 g/mol. The van der Waals surface area contributed by atoms with Gasteiger partial charge in [0, 0.05) is 63.2 Å². The van der Waals surface area contributed by atoms with Crippen molar-refractivity contribution in [3.8, 4) is 17.1 Å². The van der Waals surface area contributed by atoms with Crippen molar-refractivity contribution in [3.05, 3.63) is 107 Å². The molecule has 25 heteroatoms. The number of aromatic nitrogens is 4. The highest BCUT2D eigenvalue weighted by molar-refractivity contribution is 6.24. The van der Waals surface area contributed by atoms with E-state index < -0.39 is 83.0 Å². The Morgan fingerprint density at radius 2 is 1.67 bits per heavy atom. The predicted octanol–water partition coefficient (Wildman–Crippen LogP) is 5.22. The molecule has 1 unspecified atom stereocenters. The summed E-state index contributed by atoms with van der Waals surface area (Å²) >= 11 is 0. The molecule has 4 atom stereocenters. The SMILES string of the molecule is CC(C)(C)[C@H](CC(=O)COCCOCCOCCCc1cccc2c1C(=O)N(C1CCC(=O)NC1=O)C2=O)C(=O)N1C[C@H](O)C[C@H]1C(=O)NCc1ccc(-n2cc(NC(=O)c3coc(-c4ccnc(NCC5CC5)c4)n3)c(C(F)F)n2)cc1. The molecule has 3 aromatic heterocycles. The highest BCUT2D eigenvalue weighted by Gasteiger charge is 2.46. The molecule has 0 radical (unpaired) electrons. The number of aliphatic hydroxyl groups is 1. The third kappa shape index (κ3) is 14.7. The molecule has 2 aromatic carbocycles. The number of oxazole rings is 1. The highest BCUT2D eigenvalue weighted by Crippen LogP contribution is 2.35. The van der Waals surface area contributed by atoms with Crippen LogP contribution in [0.1, 0.15) is 120 Å². The van der Waals surface area contributed by atoms with E-state index in [1.54, 1.807) is 60.8 Å². The van der Waals surface area contributed by atoms with Crippen molar-refractivity contribution in [2.24, 2.45) is 17.3 Å². The minimum Gasteiger partial charge on any atom is -0.444 e. The Hall–Kier alpha value is -8.13. The summed E-state index contributed by atoms with van der Waals surface area (Å²) in [4.78, 5) is 116. The summed E-state index contributed by atoms with van der Waals surface area (Å²) in [5.41, 5.74) is 0.945. The zero-order valence-corrected chi connectivity index (χ0v) is 46.2. The number of piperidine rings is 1. The molecule has 5 N–H and O–H groups in total. The van der Waals surface area contributed by atoms with Crippen molar-refractivity contribution in [2.45, 2.75) is 103 Å². The normalized spacial score (nSPS) is 18.4. The number of fused-ring (bicyclic) bond motifs is 1. The van der Waals surface area contributed by atoms with E-state index in [4.69, 9.17) is 18.6 Å². The maximum absolute atomic E-state index is 14.2. The van der Waals surface area contributed by atoms with Crippen LogP contribution in [0, 0.1) is 17.3 Å². The lowest BCUT2D eigenvalue weighted by Gasteiger charge is -2.34. The lowest BCUT2D eigenvalue weighted by molar-refractivity contribution is -0.146. The molecular weight excluding hydrogens is 1080 g/mol. The van der Waals surface area contributed by atoms with Gasteiger partial charge >= 0.3 is 0 Å². The summed E-state index contributed by atoms with van der Waals surface area (Å²) in [6.07, 6.45) is 3.19. The molecule has 0 bridgehead atoms. The maximum atomic E-state index is 14.2. The zero-order valence-electron chi connectivity index (χ0n) is 46.2. The van der Waals surface area contributed by atoms with Crippen molar-refractivity contribution in [2.75, 3.05) is 63.4 Å². The molecule has 3 aliphatic heterocycles. The molecule has 7 amide bonds. The number of hydrogen-bond donors (Lipinski definition) is 5. The molecule has 0 spiro atoms. The lowest BCUT2D eigenvalue weighted by Crippen LogP contribution is -2.54. The maximum Gasteiger partial charge on any atom is 0.284 e. The minimum absolute atomic E-state index is 0.0170. The van der Waals surface area contributed by atoms with E-state index in [-0.39, 0.29) is 106 Å². The molecule has 1 saturated carbocycles. The van der Waals surface area contributed by atoms with Gasteiger partial charge in [0.05, 0.1) is 61.2 Å². The molecule has 23 nitrogen and oxygen atoms in total. The van der Waals surface area contributed by atoms with Gasteiger partial charge in [-0.2, -0.15) is 5.10 Å². The fourth-order valence-electron chi connectivity index (χ4n) is 10.1. The molecule has 2 saturated heterocycles. The third-order valence-corrected chi connectivity index (χ3v) is 14.8. The number of pyridine rings is 1. The number of amides is 7. The number of nitrogens with zero attached hydrogens (tertiary/aromatic N) is 6. The number of benzene rings is 2. The number of imide groups is 2. The number of rotatable bonds is 27. The van der Waals surface area contributed by atoms with Crippen molar-refractivity contribution < 1.29 is 70.9 Å². The first kappa shape index (κ1) is 59.5. The van der Waals surface area contributed by atoms with Crippen LogP contribution in [0.25, 0.3) is 17.1 Å². The fourth-order valence-corrected chi connectivity index (χ4v) is 10.1. The van der Waals surface area contributed by atoms with Crippen molar-refractivity contribution in [1.29, 1.82) is 0 Å². The standard InChI is InChI=1S/C58H66F2N10O13/c1-58(2,3)41(25-39(72)31-82-23-22-81-21-20-80-19-5-7-35-6-4-8-40-48(35)57(79)70(55(40)77)44-15-16-47(73)66-53(44)76)56(78)68-29-38(71)26-45(68)52(75)63-28-34-11-13-37(14-12-34)69-30-42(49(67-69)50(59)60)64-51(74)43-32-83-54(65-43)36-17-18-61-46(24-36)62-27-33-9-10-33/h4,6,8,11-14,17-18,24,30,32-33,38,41,44-45,50,71H,5,7,9-10,15-16,19-23,25-29,31H2,1-3H3,(H,61,62)(H,63,75)(H,64,74)(H,66,73,76)/t38-,41-,44?,45+/m1/s1. The number of halogens is 2. The van der Waals surface area contributed by atoms with E-state index in [2.05, 4.69) is 36.3 Å². The second-order valence-corrected chi connectivity index (χ2v) is 22.0. The molecule has 4 aliphatic rings. The molecule has 1 aliphatic carbocycles. The van der Waals surface area contributed by atoms with Gasteiger partial charge in [0.15, 0.2) is 17.2 Å². The molecule has 3 fully saturated rings. The van der Waals surface area contributed by atoms with E-state index in [0.717, 1.165) is 17.7 Å². The van der Waals surface area contributed by atoms with Crippen LogP contribution in [0.2, 0.25) is 0 Å². The third-order valence-electron chi connectivity index (χ3n) is 14.8. The van der Waals surface area contributed by atoms with Gasteiger partial charge in [-0.05, 0) is 84.9 Å². The Bertz CT molecular complexity index is 3230.